The van der Waals surface area contributed by atoms with Crippen molar-refractivity contribution in [1.82, 2.24) is 4.90 Å². The van der Waals surface area contributed by atoms with Crippen molar-refractivity contribution in [3.63, 3.8) is 0 Å². The van der Waals surface area contributed by atoms with Crippen molar-refractivity contribution in [3.05, 3.63) is 137 Å². The molecule has 0 radical (unpaired) electrons. The van der Waals surface area contributed by atoms with E-state index in [0.29, 0.717) is 16.8 Å². The van der Waals surface area contributed by atoms with Crippen molar-refractivity contribution in [2.24, 2.45) is 0 Å². The number of carbonyl (C=O) groups excluding carboxylic acids is 5. The average Bonchev–Trinajstić information content (AvgIpc) is 3.67. The predicted octanol–water partition coefficient (Wildman–Crippen LogP) is 5.14. The van der Waals surface area contributed by atoms with E-state index in [-0.39, 0.29) is 28.3 Å². The minimum Gasteiger partial charge on any atom is -0.316 e. The maximum absolute atomic E-state index is 13.7. The number of anilines is 1. The maximum atomic E-state index is 13.7. The number of nitrogens with zero attached hydrogens (tertiary/aromatic N) is 2. The number of hydrogen-bond acceptors (Lipinski definition) is 5. The molecule has 39 heavy (non-hydrogen) atoms. The third kappa shape index (κ3) is 4.05. The number of Topliss-reactive ketones (excluding diaryl/α,β-unsaturated/α-hetero) is 2. The Hall–Kier alpha value is -5.17. The van der Waals surface area contributed by atoms with E-state index in [1.807, 2.05) is 36.4 Å². The van der Waals surface area contributed by atoms with Crippen LogP contribution in [0, 0.1) is 0 Å². The van der Waals surface area contributed by atoms with E-state index in [1.165, 1.54) is 30.0 Å². The molecule has 1 saturated heterocycles. The van der Waals surface area contributed by atoms with Crippen molar-refractivity contribution in [3.8, 4) is 0 Å². The van der Waals surface area contributed by atoms with Gasteiger partial charge >= 0.3 is 0 Å². The number of benzene rings is 4. The number of carbonyl (C=O) groups is 5. The van der Waals surface area contributed by atoms with E-state index < -0.39 is 29.8 Å². The van der Waals surface area contributed by atoms with Gasteiger partial charge in [-0.3, -0.25) is 24.0 Å². The summed E-state index contributed by atoms with van der Waals surface area (Å²) >= 11 is 0. The highest BCUT2D eigenvalue weighted by atomic mass is 16.2. The van der Waals surface area contributed by atoms with Gasteiger partial charge in [0.15, 0.2) is 11.6 Å². The molecule has 7 nitrogen and oxygen atoms in total. The third-order valence-corrected chi connectivity index (χ3v) is 7.18. The quantitative estimate of drug-likeness (QED) is 0.202. The van der Waals surface area contributed by atoms with Crippen LogP contribution in [0.5, 0.6) is 0 Å². The van der Waals surface area contributed by atoms with Gasteiger partial charge in [0.2, 0.25) is 0 Å². The molecule has 2 aliphatic heterocycles. The topological polar surface area (TPSA) is 91.6 Å². The van der Waals surface area contributed by atoms with Gasteiger partial charge in [-0.2, -0.15) is 0 Å². The molecule has 190 valence electrons. The van der Waals surface area contributed by atoms with Crippen LogP contribution >= 0.6 is 0 Å². The number of ketones is 2. The summed E-state index contributed by atoms with van der Waals surface area (Å²) in [7, 11) is 0. The fraction of sp³-hybridized carbons (Fsp3) is 0.0938. The highest BCUT2D eigenvalue weighted by Gasteiger charge is 2.56. The van der Waals surface area contributed by atoms with Gasteiger partial charge in [0, 0.05) is 16.7 Å². The molecule has 0 spiro atoms. The lowest BCUT2D eigenvalue weighted by Crippen LogP contribution is -2.29. The van der Waals surface area contributed by atoms with Crippen LogP contribution in [0.4, 0.5) is 5.69 Å². The maximum Gasteiger partial charge on any atom is 0.266 e. The second-order valence-corrected chi connectivity index (χ2v) is 9.55. The molecule has 0 saturated carbocycles. The molecule has 3 amide bonds. The first-order valence-corrected chi connectivity index (χ1v) is 12.5. The fourth-order valence-corrected chi connectivity index (χ4v) is 5.12. The van der Waals surface area contributed by atoms with Crippen LogP contribution in [0.15, 0.2) is 103 Å². The van der Waals surface area contributed by atoms with Gasteiger partial charge < -0.3 is 4.90 Å². The lowest BCUT2D eigenvalue weighted by Gasteiger charge is -2.14. The summed E-state index contributed by atoms with van der Waals surface area (Å²) in [6.45, 7) is 1.44. The lowest BCUT2D eigenvalue weighted by atomic mass is 10.0. The van der Waals surface area contributed by atoms with Gasteiger partial charge in [-0.1, -0.05) is 60.7 Å². The first-order valence-electron chi connectivity index (χ1n) is 12.5. The number of amides is 3. The molecule has 1 fully saturated rings. The largest absolute Gasteiger partial charge is 0.316 e. The molecule has 0 bridgehead atoms. The van der Waals surface area contributed by atoms with Gasteiger partial charge in [-0.25, -0.2) is 4.90 Å². The molecule has 0 unspecified atom stereocenters. The number of rotatable bonds is 6. The highest BCUT2D eigenvalue weighted by Crippen LogP contribution is 2.46. The Morgan fingerprint density at radius 3 is 1.87 bits per heavy atom. The Labute approximate surface area is 224 Å². The fourth-order valence-electron chi connectivity index (χ4n) is 5.12. The Kier molecular flexibility index (Phi) is 5.76. The van der Waals surface area contributed by atoms with Crippen molar-refractivity contribution in [2.75, 3.05) is 4.90 Å². The SMILES string of the molecule is CC(=O)c1ccc(N2C(=O)c3ccc(C(=O)N4[C@@H](C(=O)c5ccccc5)[C@@H]4c4ccccc4)cc3C2=O)cc1. The minimum absolute atomic E-state index is 0.116. The van der Waals surface area contributed by atoms with E-state index in [9.17, 15) is 24.0 Å². The first kappa shape index (κ1) is 24.2. The summed E-state index contributed by atoms with van der Waals surface area (Å²) in [5.74, 6) is -1.74. The standard InChI is InChI=1S/C32H22N2O5/c1-19(35)20-12-15-24(16-13-20)33-31(38)25-17-14-23(18-26(25)32(33)39)30(37)34-27(21-8-4-2-5-9-21)28(34)29(36)22-10-6-3-7-11-22/h2-18,27-28H,1H3/t27-,28+,34?/m0/s1. The van der Waals surface area contributed by atoms with E-state index in [4.69, 9.17) is 0 Å². The molecular weight excluding hydrogens is 492 g/mol. The molecule has 2 heterocycles. The summed E-state index contributed by atoms with van der Waals surface area (Å²) in [6, 6.07) is 27.7. The van der Waals surface area contributed by atoms with Crippen molar-refractivity contribution >= 4 is 35.0 Å². The zero-order valence-electron chi connectivity index (χ0n) is 20.9. The number of imide groups is 1. The summed E-state index contributed by atoms with van der Waals surface area (Å²) < 4.78 is 0. The van der Waals surface area contributed by atoms with Gasteiger partial charge in [0.1, 0.15) is 6.04 Å². The predicted molar refractivity (Wildman–Crippen MR) is 144 cm³/mol. The molecule has 4 aromatic rings. The molecule has 2 aliphatic rings. The van der Waals surface area contributed by atoms with Gasteiger partial charge in [0.25, 0.3) is 17.7 Å². The van der Waals surface area contributed by atoms with Crippen LogP contribution in [0.3, 0.4) is 0 Å². The molecule has 0 N–H and O–H groups in total. The molecule has 7 heteroatoms. The van der Waals surface area contributed by atoms with E-state index in [0.717, 1.165) is 10.5 Å². The molecule has 6 rings (SSSR count). The Balaban J connectivity index is 1.31. The second kappa shape index (κ2) is 9.29. The van der Waals surface area contributed by atoms with Crippen LogP contribution in [0.25, 0.3) is 0 Å². The van der Waals surface area contributed by atoms with E-state index in [1.54, 1.807) is 48.5 Å². The lowest BCUT2D eigenvalue weighted by molar-refractivity contribution is 0.0833. The average molecular weight is 515 g/mol. The Bertz CT molecular complexity index is 1660. The smallest absolute Gasteiger partial charge is 0.266 e. The molecule has 4 aromatic carbocycles. The summed E-state index contributed by atoms with van der Waals surface area (Å²) in [4.78, 5) is 67.6. The monoisotopic (exact) mass is 514 g/mol. The van der Waals surface area contributed by atoms with Crippen LogP contribution in [-0.2, 0) is 0 Å². The number of hydrogen-bond donors (Lipinski definition) is 0. The van der Waals surface area contributed by atoms with Crippen molar-refractivity contribution in [1.29, 1.82) is 0 Å². The highest BCUT2D eigenvalue weighted by molar-refractivity contribution is 6.34. The van der Waals surface area contributed by atoms with Crippen LogP contribution in [-0.4, -0.2) is 40.2 Å². The van der Waals surface area contributed by atoms with Crippen LogP contribution in [0.2, 0.25) is 0 Å². The van der Waals surface area contributed by atoms with Gasteiger partial charge in [-0.05, 0) is 55.0 Å². The normalized spacial score (nSPS) is 17.7. The van der Waals surface area contributed by atoms with E-state index >= 15 is 0 Å². The summed E-state index contributed by atoms with van der Waals surface area (Å²) in [5, 5.41) is 0. The van der Waals surface area contributed by atoms with Gasteiger partial charge in [-0.15, -0.1) is 0 Å². The minimum atomic E-state index is -0.677. The second-order valence-electron chi connectivity index (χ2n) is 9.55. The van der Waals surface area contributed by atoms with E-state index in [2.05, 4.69) is 0 Å². The van der Waals surface area contributed by atoms with Crippen molar-refractivity contribution in [2.45, 2.75) is 19.0 Å². The first-order chi connectivity index (χ1) is 18.9. The third-order valence-electron chi connectivity index (χ3n) is 7.18. The molecular formula is C32H22N2O5. The Morgan fingerprint density at radius 1 is 0.641 bits per heavy atom. The molecule has 2 atom stereocenters. The van der Waals surface area contributed by atoms with Crippen LogP contribution in [0.1, 0.15) is 70.3 Å². The van der Waals surface area contributed by atoms with Crippen molar-refractivity contribution < 1.29 is 24.0 Å². The van der Waals surface area contributed by atoms with Crippen LogP contribution < -0.4 is 4.90 Å². The zero-order valence-corrected chi connectivity index (χ0v) is 20.9. The Morgan fingerprint density at radius 2 is 1.23 bits per heavy atom. The zero-order chi connectivity index (χ0) is 27.3. The van der Waals surface area contributed by atoms with Gasteiger partial charge in [0.05, 0.1) is 22.9 Å². The summed E-state index contributed by atoms with van der Waals surface area (Å²) in [5.41, 5.74) is 2.68. The number of fused-ring (bicyclic) bond motifs is 1. The molecule has 0 aromatic heterocycles. The summed E-state index contributed by atoms with van der Waals surface area (Å²) in [6.07, 6.45) is 0. The molecule has 0 aliphatic carbocycles.